The van der Waals surface area contributed by atoms with Crippen LogP contribution in [0.25, 0.3) is 11.1 Å². The number of thioether (sulfide) groups is 1. The summed E-state index contributed by atoms with van der Waals surface area (Å²) in [5, 5.41) is 0. The molecule has 1 aromatic heterocycles. The molecule has 0 aliphatic carbocycles. The Bertz CT molecular complexity index is 469. The molecule has 0 bridgehead atoms. The topological polar surface area (TPSA) is 38.9 Å². The van der Waals surface area contributed by atoms with E-state index in [-0.39, 0.29) is 0 Å². The Morgan fingerprint density at radius 2 is 2.00 bits per heavy atom. The minimum absolute atomic E-state index is 0.698. The van der Waals surface area contributed by atoms with E-state index in [1.807, 2.05) is 24.4 Å². The van der Waals surface area contributed by atoms with Gasteiger partial charge >= 0.3 is 0 Å². The van der Waals surface area contributed by atoms with Gasteiger partial charge in [-0.3, -0.25) is 4.98 Å². The molecular weight excluding hydrogens is 204 g/mol. The highest BCUT2D eigenvalue weighted by atomic mass is 32.2. The average Bonchev–Trinajstić information content (AvgIpc) is 2.29. The number of aromatic nitrogens is 1. The minimum atomic E-state index is 0.698. The van der Waals surface area contributed by atoms with Crippen molar-refractivity contribution < 1.29 is 0 Å². The van der Waals surface area contributed by atoms with E-state index < -0.39 is 0 Å². The second-order valence-electron chi connectivity index (χ2n) is 3.21. The highest BCUT2D eigenvalue weighted by Gasteiger charge is 2.03. The van der Waals surface area contributed by atoms with Gasteiger partial charge in [0.15, 0.2) is 0 Å². The molecule has 1 aromatic carbocycles. The largest absolute Gasteiger partial charge is 0.397 e. The van der Waals surface area contributed by atoms with Crippen LogP contribution in [0.15, 0.2) is 47.6 Å². The molecule has 0 fully saturated rings. The summed E-state index contributed by atoms with van der Waals surface area (Å²) in [5.41, 5.74) is 8.67. The van der Waals surface area contributed by atoms with Crippen LogP contribution in [-0.2, 0) is 0 Å². The number of nitrogen functional groups attached to an aromatic ring is 1. The number of nitrogens with two attached hydrogens (primary N) is 1. The molecule has 15 heavy (non-hydrogen) atoms. The molecule has 0 spiro atoms. The molecule has 2 nitrogen and oxygen atoms in total. The number of pyridine rings is 1. The maximum Gasteiger partial charge on any atom is 0.0506 e. The van der Waals surface area contributed by atoms with Crippen molar-refractivity contribution in [3.8, 4) is 11.1 Å². The zero-order valence-corrected chi connectivity index (χ0v) is 9.29. The normalized spacial score (nSPS) is 10.2. The van der Waals surface area contributed by atoms with Crippen LogP contribution in [0.4, 0.5) is 5.69 Å². The van der Waals surface area contributed by atoms with Crippen LogP contribution in [0.2, 0.25) is 0 Å². The molecule has 0 saturated carbocycles. The molecule has 2 rings (SSSR count). The first-order chi connectivity index (χ1) is 7.31. The van der Waals surface area contributed by atoms with Crippen molar-refractivity contribution >= 4 is 17.4 Å². The third-order valence-electron chi connectivity index (χ3n) is 2.18. The maximum atomic E-state index is 5.72. The quantitative estimate of drug-likeness (QED) is 0.784. The van der Waals surface area contributed by atoms with Gasteiger partial charge in [-0.25, -0.2) is 0 Å². The Kier molecular flexibility index (Phi) is 2.92. The van der Waals surface area contributed by atoms with E-state index in [4.69, 9.17) is 5.73 Å². The monoisotopic (exact) mass is 216 g/mol. The minimum Gasteiger partial charge on any atom is -0.397 e. The summed E-state index contributed by atoms with van der Waals surface area (Å²) < 4.78 is 0. The second-order valence-corrected chi connectivity index (χ2v) is 4.06. The predicted molar refractivity (Wildman–Crippen MR) is 65.9 cm³/mol. The van der Waals surface area contributed by atoms with Crippen molar-refractivity contribution in [2.24, 2.45) is 0 Å². The van der Waals surface area contributed by atoms with Crippen molar-refractivity contribution in [3.63, 3.8) is 0 Å². The Morgan fingerprint density at radius 1 is 1.20 bits per heavy atom. The number of benzene rings is 1. The molecule has 2 aromatic rings. The first-order valence-electron chi connectivity index (χ1n) is 4.65. The van der Waals surface area contributed by atoms with Gasteiger partial charge in [-0.1, -0.05) is 18.2 Å². The third-order valence-corrected chi connectivity index (χ3v) is 2.97. The van der Waals surface area contributed by atoms with Crippen LogP contribution < -0.4 is 5.73 Å². The van der Waals surface area contributed by atoms with E-state index in [0.717, 1.165) is 5.56 Å². The lowest BCUT2D eigenvalue weighted by atomic mass is 10.1. The number of hydrogen-bond donors (Lipinski definition) is 1. The van der Waals surface area contributed by atoms with E-state index in [0.29, 0.717) is 5.69 Å². The summed E-state index contributed by atoms with van der Waals surface area (Å²) in [6.45, 7) is 0. The Hall–Kier alpha value is -1.48. The van der Waals surface area contributed by atoms with Crippen LogP contribution in [-0.4, -0.2) is 11.2 Å². The first-order valence-corrected chi connectivity index (χ1v) is 5.87. The van der Waals surface area contributed by atoms with Gasteiger partial charge in [-0.05, 0) is 24.0 Å². The van der Waals surface area contributed by atoms with Gasteiger partial charge in [0.05, 0.1) is 5.69 Å². The van der Waals surface area contributed by atoms with Crippen molar-refractivity contribution in [2.75, 3.05) is 12.0 Å². The molecule has 76 valence electrons. The molecule has 0 aliphatic rings. The summed E-state index contributed by atoms with van der Waals surface area (Å²) >= 11 is 1.73. The molecule has 1 heterocycles. The summed E-state index contributed by atoms with van der Waals surface area (Å²) in [6.07, 6.45) is 5.56. The van der Waals surface area contributed by atoms with Gasteiger partial charge in [-0.15, -0.1) is 11.8 Å². The number of rotatable bonds is 2. The van der Waals surface area contributed by atoms with Gasteiger partial charge in [-0.2, -0.15) is 0 Å². The second kappa shape index (κ2) is 4.36. The standard InChI is InChI=1S/C12H12N2S/c1-15-12-5-3-2-4-11(12)9-6-10(13)8-14-7-9/h2-8H,13H2,1H3. The molecule has 3 heteroatoms. The smallest absolute Gasteiger partial charge is 0.0506 e. The fraction of sp³-hybridized carbons (Fsp3) is 0.0833. The molecular formula is C12H12N2S. The number of nitrogens with zero attached hydrogens (tertiary/aromatic N) is 1. The summed E-state index contributed by atoms with van der Waals surface area (Å²) in [5.74, 6) is 0. The predicted octanol–water partition coefficient (Wildman–Crippen LogP) is 3.05. The van der Waals surface area contributed by atoms with Crippen LogP contribution in [0, 0.1) is 0 Å². The molecule has 0 unspecified atom stereocenters. The highest BCUT2D eigenvalue weighted by molar-refractivity contribution is 7.98. The zero-order chi connectivity index (χ0) is 10.7. The summed E-state index contributed by atoms with van der Waals surface area (Å²) in [4.78, 5) is 5.34. The van der Waals surface area contributed by atoms with Crippen LogP contribution >= 0.6 is 11.8 Å². The Balaban J connectivity index is 2.53. The van der Waals surface area contributed by atoms with E-state index in [2.05, 4.69) is 23.4 Å². The van der Waals surface area contributed by atoms with Crippen molar-refractivity contribution in [1.82, 2.24) is 4.98 Å². The Morgan fingerprint density at radius 3 is 2.73 bits per heavy atom. The van der Waals surface area contributed by atoms with Gasteiger partial charge in [0.25, 0.3) is 0 Å². The number of hydrogen-bond acceptors (Lipinski definition) is 3. The molecule has 0 aliphatic heterocycles. The van der Waals surface area contributed by atoms with E-state index in [1.54, 1.807) is 18.0 Å². The molecule has 0 saturated heterocycles. The Labute approximate surface area is 93.5 Å². The van der Waals surface area contributed by atoms with Gasteiger partial charge in [0.2, 0.25) is 0 Å². The third kappa shape index (κ3) is 2.13. The lowest BCUT2D eigenvalue weighted by molar-refractivity contribution is 1.32. The number of anilines is 1. The van der Waals surface area contributed by atoms with Gasteiger partial charge < -0.3 is 5.73 Å². The SMILES string of the molecule is CSc1ccccc1-c1cncc(N)c1. The lowest BCUT2D eigenvalue weighted by Crippen LogP contribution is -1.88. The van der Waals surface area contributed by atoms with Gasteiger partial charge in [0, 0.05) is 22.9 Å². The molecule has 0 radical (unpaired) electrons. The van der Waals surface area contributed by atoms with Gasteiger partial charge in [0.1, 0.15) is 0 Å². The summed E-state index contributed by atoms with van der Waals surface area (Å²) in [7, 11) is 0. The van der Waals surface area contributed by atoms with E-state index in [9.17, 15) is 0 Å². The lowest BCUT2D eigenvalue weighted by Gasteiger charge is -2.06. The fourth-order valence-corrected chi connectivity index (χ4v) is 2.11. The zero-order valence-electron chi connectivity index (χ0n) is 8.47. The van der Waals surface area contributed by atoms with Crippen LogP contribution in [0.1, 0.15) is 0 Å². The molecule has 0 atom stereocenters. The van der Waals surface area contributed by atoms with Crippen LogP contribution in [0.5, 0.6) is 0 Å². The van der Waals surface area contributed by atoms with Crippen LogP contribution in [0.3, 0.4) is 0 Å². The average molecular weight is 216 g/mol. The van der Waals surface area contributed by atoms with Crippen molar-refractivity contribution in [2.45, 2.75) is 4.90 Å². The maximum absolute atomic E-state index is 5.72. The summed E-state index contributed by atoms with van der Waals surface area (Å²) in [6, 6.07) is 10.2. The van der Waals surface area contributed by atoms with Crippen molar-refractivity contribution in [1.29, 1.82) is 0 Å². The van der Waals surface area contributed by atoms with E-state index >= 15 is 0 Å². The first kappa shape index (κ1) is 10.1. The molecule has 0 amide bonds. The highest BCUT2D eigenvalue weighted by Crippen LogP contribution is 2.29. The van der Waals surface area contributed by atoms with E-state index in [1.165, 1.54) is 10.5 Å². The van der Waals surface area contributed by atoms with Crippen molar-refractivity contribution in [3.05, 3.63) is 42.7 Å². The molecule has 2 N–H and O–H groups in total. The fourth-order valence-electron chi connectivity index (χ4n) is 1.49.